The highest BCUT2D eigenvalue weighted by Crippen LogP contribution is 2.31. The van der Waals surface area contributed by atoms with Crippen molar-refractivity contribution in [2.45, 2.75) is 26.4 Å². The first-order valence-corrected chi connectivity index (χ1v) is 5.69. The summed E-state index contributed by atoms with van der Waals surface area (Å²) >= 11 is 6.03. The summed E-state index contributed by atoms with van der Waals surface area (Å²) in [5, 5.41) is 19.1. The van der Waals surface area contributed by atoms with Crippen LogP contribution in [0.2, 0.25) is 5.02 Å². The molecule has 2 N–H and O–H groups in total. The summed E-state index contributed by atoms with van der Waals surface area (Å²) < 4.78 is 5.35. The number of aryl methyl sites for hydroxylation is 1. The molecule has 90 valence electrons. The molecule has 0 heterocycles. The Morgan fingerprint density at radius 2 is 2.12 bits per heavy atom. The average Bonchev–Trinajstić information content (AvgIpc) is 2.23. The van der Waals surface area contributed by atoms with E-state index in [1.807, 2.05) is 19.9 Å². The molecular weight excluding hydrogens is 228 g/mol. The SMILES string of the molecule is CCOc1cc(C)c(C(O)CCO)cc1Cl. The maximum absolute atomic E-state index is 9.79. The maximum atomic E-state index is 9.79. The third kappa shape index (κ3) is 3.11. The molecule has 0 aliphatic heterocycles. The molecule has 0 aliphatic carbocycles. The maximum Gasteiger partial charge on any atom is 0.138 e. The quantitative estimate of drug-likeness (QED) is 0.837. The van der Waals surface area contributed by atoms with Crippen molar-refractivity contribution in [1.82, 2.24) is 0 Å². The van der Waals surface area contributed by atoms with Crippen LogP contribution in [0.5, 0.6) is 5.75 Å². The van der Waals surface area contributed by atoms with Gasteiger partial charge in [-0.05, 0) is 37.1 Å². The van der Waals surface area contributed by atoms with Gasteiger partial charge in [0, 0.05) is 13.0 Å². The van der Waals surface area contributed by atoms with Crippen LogP contribution in [0.1, 0.15) is 30.6 Å². The number of ether oxygens (including phenoxy) is 1. The van der Waals surface area contributed by atoms with Gasteiger partial charge in [-0.15, -0.1) is 0 Å². The molecule has 0 saturated carbocycles. The van der Waals surface area contributed by atoms with Crippen LogP contribution < -0.4 is 4.74 Å². The van der Waals surface area contributed by atoms with Gasteiger partial charge in [0.1, 0.15) is 5.75 Å². The Morgan fingerprint density at radius 1 is 1.44 bits per heavy atom. The number of aliphatic hydroxyl groups excluding tert-OH is 2. The summed E-state index contributed by atoms with van der Waals surface area (Å²) in [5.41, 5.74) is 1.65. The summed E-state index contributed by atoms with van der Waals surface area (Å²) in [6.07, 6.45) is -0.372. The summed E-state index contributed by atoms with van der Waals surface area (Å²) in [4.78, 5) is 0. The van der Waals surface area contributed by atoms with Gasteiger partial charge < -0.3 is 14.9 Å². The van der Waals surface area contributed by atoms with Gasteiger partial charge in [0.05, 0.1) is 17.7 Å². The largest absolute Gasteiger partial charge is 0.492 e. The number of rotatable bonds is 5. The van der Waals surface area contributed by atoms with Crippen molar-refractivity contribution >= 4 is 11.6 Å². The molecule has 16 heavy (non-hydrogen) atoms. The molecule has 0 aliphatic rings. The minimum absolute atomic E-state index is 0.0502. The molecule has 0 aromatic heterocycles. The van der Waals surface area contributed by atoms with E-state index < -0.39 is 6.10 Å². The predicted octanol–water partition coefficient (Wildman–Crippen LogP) is 2.46. The van der Waals surface area contributed by atoms with Crippen LogP contribution >= 0.6 is 11.6 Å². The number of hydrogen-bond donors (Lipinski definition) is 2. The molecule has 0 saturated heterocycles. The van der Waals surface area contributed by atoms with Crippen LogP contribution in [-0.4, -0.2) is 23.4 Å². The monoisotopic (exact) mass is 244 g/mol. The Hall–Kier alpha value is -0.770. The van der Waals surface area contributed by atoms with Crippen LogP contribution in [0, 0.1) is 6.92 Å². The molecule has 1 aromatic carbocycles. The van der Waals surface area contributed by atoms with Crippen molar-refractivity contribution in [3.8, 4) is 5.75 Å². The lowest BCUT2D eigenvalue weighted by Crippen LogP contribution is -2.03. The number of aliphatic hydroxyl groups is 2. The Kier molecular flexibility index (Phi) is 5.06. The second-order valence-electron chi connectivity index (χ2n) is 3.60. The van der Waals surface area contributed by atoms with Gasteiger partial charge in [-0.2, -0.15) is 0 Å². The van der Waals surface area contributed by atoms with Gasteiger partial charge in [0.2, 0.25) is 0 Å². The van der Waals surface area contributed by atoms with Gasteiger partial charge in [-0.1, -0.05) is 11.6 Å². The normalized spacial score (nSPS) is 12.6. The first-order valence-electron chi connectivity index (χ1n) is 5.31. The number of benzene rings is 1. The van der Waals surface area contributed by atoms with Crippen LogP contribution in [0.4, 0.5) is 0 Å². The fourth-order valence-corrected chi connectivity index (χ4v) is 1.80. The van der Waals surface area contributed by atoms with Crippen molar-refractivity contribution in [3.05, 3.63) is 28.3 Å². The first kappa shape index (κ1) is 13.3. The molecule has 1 aromatic rings. The fraction of sp³-hybridized carbons (Fsp3) is 0.500. The lowest BCUT2D eigenvalue weighted by Gasteiger charge is -2.15. The Balaban J connectivity index is 3.00. The molecule has 0 bridgehead atoms. The van der Waals surface area contributed by atoms with Crippen LogP contribution in [0.3, 0.4) is 0 Å². The Labute approximate surface area is 101 Å². The third-order valence-corrected chi connectivity index (χ3v) is 2.68. The van der Waals surface area contributed by atoms with E-state index in [0.717, 1.165) is 11.1 Å². The second kappa shape index (κ2) is 6.09. The molecule has 0 amide bonds. The summed E-state index contributed by atoms with van der Waals surface area (Å²) in [5.74, 6) is 0.626. The zero-order chi connectivity index (χ0) is 12.1. The highest BCUT2D eigenvalue weighted by atomic mass is 35.5. The van der Waals surface area contributed by atoms with E-state index in [2.05, 4.69) is 0 Å². The molecule has 0 spiro atoms. The minimum Gasteiger partial charge on any atom is -0.492 e. The van der Waals surface area contributed by atoms with E-state index in [4.69, 9.17) is 21.4 Å². The van der Waals surface area contributed by atoms with Crippen molar-refractivity contribution in [2.75, 3.05) is 13.2 Å². The van der Waals surface area contributed by atoms with E-state index in [1.54, 1.807) is 6.07 Å². The van der Waals surface area contributed by atoms with Crippen molar-refractivity contribution in [2.24, 2.45) is 0 Å². The molecule has 3 nitrogen and oxygen atoms in total. The zero-order valence-electron chi connectivity index (χ0n) is 9.53. The highest BCUT2D eigenvalue weighted by Gasteiger charge is 2.13. The molecule has 0 radical (unpaired) electrons. The standard InChI is InChI=1S/C12H17ClO3/c1-3-16-12-6-8(2)9(7-10(12)13)11(15)4-5-14/h6-7,11,14-15H,3-5H2,1-2H3. The molecule has 4 heteroatoms. The highest BCUT2D eigenvalue weighted by molar-refractivity contribution is 6.32. The van der Waals surface area contributed by atoms with Gasteiger partial charge >= 0.3 is 0 Å². The van der Waals surface area contributed by atoms with Gasteiger partial charge in [0.25, 0.3) is 0 Å². The van der Waals surface area contributed by atoms with Crippen molar-refractivity contribution in [1.29, 1.82) is 0 Å². The van der Waals surface area contributed by atoms with Crippen LogP contribution in [-0.2, 0) is 0 Å². The van der Waals surface area contributed by atoms with Gasteiger partial charge in [-0.3, -0.25) is 0 Å². The Bertz CT molecular complexity index is 352. The Morgan fingerprint density at radius 3 is 2.69 bits per heavy atom. The first-order chi connectivity index (χ1) is 7.60. The number of halogens is 1. The molecule has 0 fully saturated rings. The zero-order valence-corrected chi connectivity index (χ0v) is 10.3. The topological polar surface area (TPSA) is 49.7 Å². The predicted molar refractivity (Wildman–Crippen MR) is 64.0 cm³/mol. The summed E-state index contributed by atoms with van der Waals surface area (Å²) in [7, 11) is 0. The molecule has 1 unspecified atom stereocenters. The molecule has 1 atom stereocenters. The lowest BCUT2D eigenvalue weighted by molar-refractivity contribution is 0.134. The van der Waals surface area contributed by atoms with E-state index in [-0.39, 0.29) is 6.61 Å². The molecule has 1 rings (SSSR count). The lowest BCUT2D eigenvalue weighted by atomic mass is 10.0. The van der Waals surface area contributed by atoms with Gasteiger partial charge in [0.15, 0.2) is 0 Å². The third-order valence-electron chi connectivity index (χ3n) is 2.38. The van der Waals surface area contributed by atoms with E-state index >= 15 is 0 Å². The minimum atomic E-state index is -0.682. The van der Waals surface area contributed by atoms with Crippen molar-refractivity contribution in [3.63, 3.8) is 0 Å². The van der Waals surface area contributed by atoms with E-state index in [1.165, 1.54) is 0 Å². The number of hydrogen-bond acceptors (Lipinski definition) is 3. The van der Waals surface area contributed by atoms with Crippen LogP contribution in [0.25, 0.3) is 0 Å². The second-order valence-corrected chi connectivity index (χ2v) is 4.01. The summed E-state index contributed by atoms with van der Waals surface area (Å²) in [6.45, 7) is 4.28. The van der Waals surface area contributed by atoms with Gasteiger partial charge in [-0.25, -0.2) is 0 Å². The van der Waals surface area contributed by atoms with E-state index in [9.17, 15) is 5.11 Å². The summed E-state index contributed by atoms with van der Waals surface area (Å²) in [6, 6.07) is 3.50. The fourth-order valence-electron chi connectivity index (χ4n) is 1.57. The average molecular weight is 245 g/mol. The van der Waals surface area contributed by atoms with Crippen molar-refractivity contribution < 1.29 is 14.9 Å². The smallest absolute Gasteiger partial charge is 0.138 e. The molecular formula is C12H17ClO3. The van der Waals surface area contributed by atoms with E-state index in [0.29, 0.717) is 23.8 Å². The van der Waals surface area contributed by atoms with Crippen LogP contribution in [0.15, 0.2) is 12.1 Å².